The van der Waals surface area contributed by atoms with Crippen LogP contribution in [0.5, 0.6) is 0 Å². The highest BCUT2D eigenvalue weighted by Crippen LogP contribution is 2.24. The van der Waals surface area contributed by atoms with Crippen molar-refractivity contribution in [1.29, 1.82) is 0 Å². The average Bonchev–Trinajstić information content (AvgIpc) is 3.35. The largest absolute Gasteiger partial charge is 0.355 e. The van der Waals surface area contributed by atoms with Gasteiger partial charge >= 0.3 is 0 Å². The Balaban J connectivity index is 1.43. The van der Waals surface area contributed by atoms with E-state index in [2.05, 4.69) is 15.4 Å². The lowest BCUT2D eigenvalue weighted by Gasteiger charge is -2.17. The molecule has 0 unspecified atom stereocenters. The van der Waals surface area contributed by atoms with Crippen LogP contribution in [0.25, 0.3) is 5.13 Å². The van der Waals surface area contributed by atoms with E-state index >= 15 is 0 Å². The lowest BCUT2D eigenvalue weighted by molar-refractivity contribution is -0.121. The monoisotopic (exact) mass is 416 g/mol. The molecule has 152 valence electrons. The number of rotatable bonds is 7. The molecule has 4 aromatic rings. The smallest absolute Gasteiger partial charge is 0.232 e. The summed E-state index contributed by atoms with van der Waals surface area (Å²) in [4.78, 5) is 17.7. The second kappa shape index (κ2) is 9.05. The normalized spacial score (nSPS) is 11.0. The zero-order valence-electron chi connectivity index (χ0n) is 17.1. The fourth-order valence-electron chi connectivity index (χ4n) is 3.53. The van der Waals surface area contributed by atoms with Crippen LogP contribution >= 0.6 is 11.3 Å². The summed E-state index contributed by atoms with van der Waals surface area (Å²) in [5, 5.41) is 10.5. The van der Waals surface area contributed by atoms with Crippen molar-refractivity contribution in [3.05, 3.63) is 100 Å². The highest BCUT2D eigenvalue weighted by atomic mass is 32.1. The number of aryl methyl sites for hydroxylation is 2. The van der Waals surface area contributed by atoms with Gasteiger partial charge in [0.05, 0.1) is 17.3 Å². The summed E-state index contributed by atoms with van der Waals surface area (Å²) in [5.41, 5.74) is 4.97. The Morgan fingerprint density at radius 3 is 2.23 bits per heavy atom. The lowest BCUT2D eigenvalue weighted by Crippen LogP contribution is -2.31. The third-order valence-electron chi connectivity index (χ3n) is 4.94. The molecule has 0 bridgehead atoms. The highest BCUT2D eigenvalue weighted by molar-refractivity contribution is 7.12. The van der Waals surface area contributed by atoms with Gasteiger partial charge < -0.3 is 5.32 Å². The van der Waals surface area contributed by atoms with Gasteiger partial charge in [-0.15, -0.1) is 11.3 Å². The van der Waals surface area contributed by atoms with Crippen molar-refractivity contribution in [2.24, 2.45) is 0 Å². The van der Waals surface area contributed by atoms with Crippen molar-refractivity contribution in [2.45, 2.75) is 26.2 Å². The summed E-state index contributed by atoms with van der Waals surface area (Å²) in [6, 6.07) is 21.8. The molecule has 0 aliphatic heterocycles. The first-order valence-corrected chi connectivity index (χ1v) is 10.9. The van der Waals surface area contributed by atoms with E-state index in [1.807, 2.05) is 90.6 Å². The van der Waals surface area contributed by atoms with Gasteiger partial charge in [-0.2, -0.15) is 5.10 Å². The van der Waals surface area contributed by atoms with Crippen LogP contribution in [0.1, 0.15) is 34.1 Å². The number of nitrogens with zero attached hydrogens (tertiary/aromatic N) is 3. The molecule has 5 nitrogen and oxygen atoms in total. The first kappa shape index (κ1) is 20.0. The summed E-state index contributed by atoms with van der Waals surface area (Å²) in [6.45, 7) is 4.54. The van der Waals surface area contributed by atoms with Gasteiger partial charge in [0.15, 0.2) is 0 Å². The van der Waals surface area contributed by atoms with E-state index in [1.165, 1.54) is 0 Å². The second-order valence-corrected chi connectivity index (χ2v) is 8.09. The third-order valence-corrected chi connectivity index (χ3v) is 5.80. The minimum atomic E-state index is -0.326. The number of aromatic nitrogens is 3. The molecule has 0 saturated carbocycles. The van der Waals surface area contributed by atoms with Crippen LogP contribution in [0.3, 0.4) is 0 Å². The molecule has 4 rings (SSSR count). The van der Waals surface area contributed by atoms with Crippen LogP contribution in [-0.2, 0) is 11.2 Å². The van der Waals surface area contributed by atoms with Gasteiger partial charge in [-0.1, -0.05) is 60.7 Å². The molecule has 0 aliphatic carbocycles. The fourth-order valence-corrected chi connectivity index (χ4v) is 4.40. The number of carbonyl (C=O) groups excluding carboxylic acids is 1. The van der Waals surface area contributed by atoms with E-state index in [0.29, 0.717) is 13.0 Å². The Morgan fingerprint density at radius 1 is 1.03 bits per heavy atom. The van der Waals surface area contributed by atoms with Crippen molar-refractivity contribution < 1.29 is 4.79 Å². The standard InChI is InChI=1S/C24H24N4OS/c1-17-15-18(2)28(27-17)24-26-21(16-30-24)13-14-25-23(29)22(19-9-5-3-6-10-19)20-11-7-4-8-12-20/h3-12,15-16,22H,13-14H2,1-2H3,(H,25,29). The predicted octanol–water partition coefficient (Wildman–Crippen LogP) is 4.44. The number of nitrogens with one attached hydrogen (secondary N) is 1. The zero-order valence-corrected chi connectivity index (χ0v) is 17.9. The number of hydrogen-bond acceptors (Lipinski definition) is 4. The van der Waals surface area contributed by atoms with Crippen molar-refractivity contribution in [3.63, 3.8) is 0 Å². The molecule has 0 fully saturated rings. The molecule has 2 heterocycles. The molecule has 2 aromatic carbocycles. The van der Waals surface area contributed by atoms with E-state index in [1.54, 1.807) is 11.3 Å². The van der Waals surface area contributed by atoms with Crippen LogP contribution < -0.4 is 5.32 Å². The SMILES string of the molecule is Cc1cc(C)n(-c2nc(CCNC(=O)C(c3ccccc3)c3ccccc3)cs2)n1. The number of hydrogen-bond donors (Lipinski definition) is 1. The highest BCUT2D eigenvalue weighted by Gasteiger charge is 2.22. The van der Waals surface area contributed by atoms with Gasteiger partial charge in [0.2, 0.25) is 11.0 Å². The summed E-state index contributed by atoms with van der Waals surface area (Å²) >= 11 is 1.57. The van der Waals surface area contributed by atoms with Gasteiger partial charge in [-0.25, -0.2) is 9.67 Å². The Bertz CT molecular complexity index is 1080. The molecule has 2 aromatic heterocycles. The molecule has 0 aliphatic rings. The van der Waals surface area contributed by atoms with E-state index in [0.717, 1.165) is 33.3 Å². The maximum Gasteiger partial charge on any atom is 0.232 e. The van der Waals surface area contributed by atoms with Gasteiger partial charge in [0.25, 0.3) is 0 Å². The topological polar surface area (TPSA) is 59.8 Å². The summed E-state index contributed by atoms with van der Waals surface area (Å²) < 4.78 is 1.86. The van der Waals surface area contributed by atoms with E-state index in [4.69, 9.17) is 0 Å². The van der Waals surface area contributed by atoms with Gasteiger partial charge in [-0.05, 0) is 31.0 Å². The minimum absolute atomic E-state index is 0.00129. The van der Waals surface area contributed by atoms with Crippen LogP contribution in [0.2, 0.25) is 0 Å². The van der Waals surface area contributed by atoms with E-state index in [-0.39, 0.29) is 11.8 Å². The third kappa shape index (κ3) is 4.49. The average molecular weight is 417 g/mol. The fraction of sp³-hybridized carbons (Fsp3) is 0.208. The zero-order chi connectivity index (χ0) is 20.9. The molecule has 6 heteroatoms. The summed E-state index contributed by atoms with van der Waals surface area (Å²) in [6.07, 6.45) is 0.678. The van der Waals surface area contributed by atoms with Gasteiger partial charge in [0.1, 0.15) is 0 Å². The van der Waals surface area contributed by atoms with E-state index < -0.39 is 0 Å². The number of carbonyl (C=O) groups is 1. The summed E-state index contributed by atoms with van der Waals surface area (Å²) in [5.74, 6) is -0.325. The minimum Gasteiger partial charge on any atom is -0.355 e. The molecular weight excluding hydrogens is 392 g/mol. The number of amides is 1. The second-order valence-electron chi connectivity index (χ2n) is 7.26. The van der Waals surface area contributed by atoms with Crippen LogP contribution in [0.15, 0.2) is 72.1 Å². The maximum absolute atomic E-state index is 13.1. The van der Waals surface area contributed by atoms with Gasteiger partial charge in [-0.3, -0.25) is 4.79 Å². The first-order chi connectivity index (χ1) is 14.6. The molecule has 0 spiro atoms. The Hall–Kier alpha value is -3.25. The quantitative estimate of drug-likeness (QED) is 0.485. The van der Waals surface area contributed by atoms with Crippen molar-refractivity contribution >= 4 is 17.2 Å². The lowest BCUT2D eigenvalue weighted by atomic mass is 9.90. The Kier molecular flexibility index (Phi) is 6.05. The van der Waals surface area contributed by atoms with Gasteiger partial charge in [0, 0.05) is 24.0 Å². The van der Waals surface area contributed by atoms with Crippen molar-refractivity contribution in [3.8, 4) is 5.13 Å². The molecule has 0 radical (unpaired) electrons. The Morgan fingerprint density at radius 2 is 1.67 bits per heavy atom. The molecular formula is C24H24N4OS. The first-order valence-electron chi connectivity index (χ1n) is 9.97. The van der Waals surface area contributed by atoms with Crippen molar-refractivity contribution in [2.75, 3.05) is 6.54 Å². The Labute approximate surface area is 180 Å². The molecule has 1 N–H and O–H groups in total. The molecule has 0 atom stereocenters. The maximum atomic E-state index is 13.1. The predicted molar refractivity (Wildman–Crippen MR) is 120 cm³/mol. The van der Waals surface area contributed by atoms with Crippen LogP contribution in [0, 0.1) is 13.8 Å². The van der Waals surface area contributed by atoms with Crippen LogP contribution in [0.4, 0.5) is 0 Å². The molecule has 0 saturated heterocycles. The van der Waals surface area contributed by atoms with E-state index in [9.17, 15) is 4.79 Å². The number of thiazole rings is 1. The molecule has 1 amide bonds. The molecule has 30 heavy (non-hydrogen) atoms. The van der Waals surface area contributed by atoms with Crippen LogP contribution in [-0.4, -0.2) is 27.2 Å². The number of benzene rings is 2. The summed E-state index contributed by atoms with van der Waals surface area (Å²) in [7, 11) is 0. The van der Waals surface area contributed by atoms with Crippen molar-refractivity contribution in [1.82, 2.24) is 20.1 Å².